The largest absolute Gasteiger partial charge is 0.487 e. The number of amides is 1. The van der Waals surface area contributed by atoms with Crippen molar-refractivity contribution in [3.05, 3.63) is 65.5 Å². The Morgan fingerprint density at radius 1 is 1.21 bits per heavy atom. The van der Waals surface area contributed by atoms with Crippen molar-refractivity contribution in [2.45, 2.75) is 44.1 Å². The lowest BCUT2D eigenvalue weighted by Gasteiger charge is -2.41. The summed E-state index contributed by atoms with van der Waals surface area (Å²) in [4.78, 5) is 12.8. The molecule has 1 heterocycles. The molecule has 0 spiro atoms. The van der Waals surface area contributed by atoms with E-state index in [9.17, 15) is 14.3 Å². The number of rotatable bonds is 5. The van der Waals surface area contributed by atoms with Crippen molar-refractivity contribution < 1.29 is 19.0 Å². The lowest BCUT2D eigenvalue weighted by molar-refractivity contribution is -0.130. The molecule has 3 N–H and O–H groups in total. The van der Waals surface area contributed by atoms with E-state index in [1.165, 1.54) is 12.1 Å². The topological polar surface area (TPSA) is 70.6 Å². The first kappa shape index (κ1) is 18.9. The zero-order chi connectivity index (χ0) is 19.7. The molecule has 1 fully saturated rings. The van der Waals surface area contributed by atoms with Crippen molar-refractivity contribution in [1.29, 1.82) is 0 Å². The summed E-state index contributed by atoms with van der Waals surface area (Å²) in [6.45, 7) is 2.94. The van der Waals surface area contributed by atoms with E-state index in [4.69, 9.17) is 4.74 Å². The Labute approximate surface area is 163 Å². The summed E-state index contributed by atoms with van der Waals surface area (Å²) < 4.78 is 19.2. The number of halogens is 1. The van der Waals surface area contributed by atoms with Crippen molar-refractivity contribution >= 4 is 5.91 Å². The summed E-state index contributed by atoms with van der Waals surface area (Å²) in [7, 11) is 0. The molecule has 4 rings (SSSR count). The van der Waals surface area contributed by atoms with Gasteiger partial charge in [0.1, 0.15) is 23.8 Å². The molecule has 5 nitrogen and oxygen atoms in total. The number of hydrogen-bond donors (Lipinski definition) is 3. The number of fused-ring (bicyclic) bond motifs is 3. The van der Waals surface area contributed by atoms with Gasteiger partial charge in [-0.2, -0.15) is 0 Å². The number of carbonyl (C=O) groups excluding carboxylic acids is 1. The van der Waals surface area contributed by atoms with Crippen LogP contribution < -0.4 is 15.4 Å². The van der Waals surface area contributed by atoms with Crippen LogP contribution in [0.4, 0.5) is 4.39 Å². The van der Waals surface area contributed by atoms with Crippen LogP contribution in [0.5, 0.6) is 5.75 Å². The fourth-order valence-electron chi connectivity index (χ4n) is 4.41. The first-order chi connectivity index (χ1) is 13.6. The third-order valence-corrected chi connectivity index (χ3v) is 5.75. The highest BCUT2D eigenvalue weighted by Gasteiger charge is 2.52. The Bertz CT molecular complexity index is 842. The Kier molecular flexibility index (Phi) is 5.33. The van der Waals surface area contributed by atoms with Crippen LogP contribution in [0.15, 0.2) is 48.5 Å². The molecule has 0 bridgehead atoms. The van der Waals surface area contributed by atoms with Gasteiger partial charge in [0, 0.05) is 30.6 Å². The van der Waals surface area contributed by atoms with E-state index < -0.39 is 12.2 Å². The van der Waals surface area contributed by atoms with Crippen molar-refractivity contribution in [1.82, 2.24) is 10.6 Å². The molecule has 0 radical (unpaired) electrons. The number of aliphatic hydroxyl groups is 1. The average Bonchev–Trinajstić information content (AvgIpc) is 3.09. The minimum absolute atomic E-state index is 0.0155. The first-order valence-electron chi connectivity index (χ1n) is 9.77. The number of ether oxygens (including phenoxy) is 1. The number of carbonyl (C=O) groups is 1. The lowest BCUT2D eigenvalue weighted by Crippen LogP contribution is -2.57. The van der Waals surface area contributed by atoms with Crippen LogP contribution in [0.25, 0.3) is 0 Å². The minimum Gasteiger partial charge on any atom is -0.487 e. The van der Waals surface area contributed by atoms with Crippen LogP contribution in [-0.2, 0) is 11.3 Å². The van der Waals surface area contributed by atoms with Crippen LogP contribution in [-0.4, -0.2) is 35.8 Å². The Hall–Kier alpha value is -2.44. The SMILES string of the molecule is CCNC(=O)C1C[C@@H](NCc2ccc(F)cc2)[C@H](O)[C@H]2Oc3ccccc3[C@@H]12. The fourth-order valence-corrected chi connectivity index (χ4v) is 4.41. The standard InChI is InChI=1S/C22H25FN2O3/c1-2-24-22(27)16-11-17(25-12-13-7-9-14(23)10-8-13)20(26)21-19(16)15-5-3-4-6-18(15)28-21/h3-10,16-17,19-21,25-26H,2,11-12H2,1H3,(H,24,27)/t16?,17-,19+,20+,21+/m1/s1. The van der Waals surface area contributed by atoms with E-state index in [0.29, 0.717) is 19.5 Å². The molecule has 0 saturated heterocycles. The molecular formula is C22H25FN2O3. The van der Waals surface area contributed by atoms with Crippen molar-refractivity contribution in [2.75, 3.05) is 6.54 Å². The second kappa shape index (κ2) is 7.89. The molecule has 1 unspecified atom stereocenters. The molecule has 148 valence electrons. The van der Waals surface area contributed by atoms with Crippen LogP contribution in [0.3, 0.4) is 0 Å². The molecule has 1 aliphatic heterocycles. The second-order valence-electron chi connectivity index (χ2n) is 7.49. The van der Waals surface area contributed by atoms with Crippen LogP contribution in [0, 0.1) is 11.7 Å². The zero-order valence-corrected chi connectivity index (χ0v) is 15.8. The fraction of sp³-hybridized carbons (Fsp3) is 0.409. The van der Waals surface area contributed by atoms with Gasteiger partial charge in [-0.15, -0.1) is 0 Å². The lowest BCUT2D eigenvalue weighted by atomic mass is 9.71. The maximum absolute atomic E-state index is 13.1. The predicted octanol–water partition coefficient (Wildman–Crippen LogP) is 2.35. The van der Waals surface area contributed by atoms with Gasteiger partial charge in [0.05, 0.1) is 5.92 Å². The van der Waals surface area contributed by atoms with Gasteiger partial charge in [0.25, 0.3) is 0 Å². The summed E-state index contributed by atoms with van der Waals surface area (Å²) in [5, 5.41) is 17.3. The normalized spacial score (nSPS) is 28.2. The Balaban J connectivity index is 1.56. The molecule has 1 amide bonds. The molecule has 28 heavy (non-hydrogen) atoms. The van der Waals surface area contributed by atoms with Gasteiger partial charge in [0.15, 0.2) is 0 Å². The van der Waals surface area contributed by atoms with Crippen molar-refractivity contribution in [2.24, 2.45) is 5.92 Å². The van der Waals surface area contributed by atoms with Gasteiger partial charge < -0.3 is 20.5 Å². The smallest absolute Gasteiger partial charge is 0.223 e. The molecular weight excluding hydrogens is 359 g/mol. The second-order valence-corrected chi connectivity index (χ2v) is 7.49. The highest BCUT2D eigenvalue weighted by molar-refractivity contribution is 5.80. The molecule has 0 aromatic heterocycles. The van der Waals surface area contributed by atoms with Gasteiger partial charge in [0.2, 0.25) is 5.91 Å². The van der Waals surface area contributed by atoms with Crippen LogP contribution in [0.2, 0.25) is 0 Å². The predicted molar refractivity (Wildman–Crippen MR) is 103 cm³/mol. The number of para-hydroxylation sites is 1. The highest BCUT2D eigenvalue weighted by Crippen LogP contribution is 2.48. The third-order valence-electron chi connectivity index (χ3n) is 5.75. The molecule has 1 saturated carbocycles. The number of hydrogen-bond acceptors (Lipinski definition) is 4. The molecule has 2 aliphatic rings. The molecule has 5 atom stereocenters. The van der Waals surface area contributed by atoms with E-state index in [1.807, 2.05) is 31.2 Å². The van der Waals surface area contributed by atoms with E-state index in [1.54, 1.807) is 12.1 Å². The molecule has 2 aromatic rings. The quantitative estimate of drug-likeness (QED) is 0.740. The van der Waals surface area contributed by atoms with Crippen molar-refractivity contribution in [3.8, 4) is 5.75 Å². The van der Waals surface area contributed by atoms with Crippen LogP contribution in [0.1, 0.15) is 30.4 Å². The summed E-state index contributed by atoms with van der Waals surface area (Å²) in [6, 6.07) is 13.7. The van der Waals surface area contributed by atoms with Gasteiger partial charge >= 0.3 is 0 Å². The molecule has 1 aliphatic carbocycles. The minimum atomic E-state index is -0.747. The van der Waals surface area contributed by atoms with Gasteiger partial charge in [-0.25, -0.2) is 4.39 Å². The summed E-state index contributed by atoms with van der Waals surface area (Å²) >= 11 is 0. The number of aliphatic hydroxyl groups excluding tert-OH is 1. The summed E-state index contributed by atoms with van der Waals surface area (Å²) in [5.41, 5.74) is 1.90. The number of nitrogens with one attached hydrogen (secondary N) is 2. The van der Waals surface area contributed by atoms with Gasteiger partial charge in [-0.3, -0.25) is 4.79 Å². The van der Waals surface area contributed by atoms with E-state index in [2.05, 4.69) is 10.6 Å². The van der Waals surface area contributed by atoms with Crippen molar-refractivity contribution in [3.63, 3.8) is 0 Å². The van der Waals surface area contributed by atoms with E-state index >= 15 is 0 Å². The third kappa shape index (κ3) is 3.50. The highest BCUT2D eigenvalue weighted by atomic mass is 19.1. The first-order valence-corrected chi connectivity index (χ1v) is 9.77. The number of benzene rings is 2. The average molecular weight is 384 g/mol. The molecule has 6 heteroatoms. The van der Waals surface area contributed by atoms with Crippen LogP contribution >= 0.6 is 0 Å². The van der Waals surface area contributed by atoms with E-state index in [-0.39, 0.29) is 29.6 Å². The molecule has 2 aromatic carbocycles. The van der Waals surface area contributed by atoms with Gasteiger partial charge in [-0.1, -0.05) is 30.3 Å². The monoisotopic (exact) mass is 384 g/mol. The summed E-state index contributed by atoms with van der Waals surface area (Å²) in [5.74, 6) is -0.00892. The Morgan fingerprint density at radius 3 is 2.71 bits per heavy atom. The van der Waals surface area contributed by atoms with Gasteiger partial charge in [-0.05, 0) is 37.1 Å². The van der Waals surface area contributed by atoms with E-state index in [0.717, 1.165) is 16.9 Å². The maximum atomic E-state index is 13.1. The summed E-state index contributed by atoms with van der Waals surface area (Å²) in [6.07, 6.45) is -0.708. The Morgan fingerprint density at radius 2 is 1.96 bits per heavy atom. The maximum Gasteiger partial charge on any atom is 0.223 e. The zero-order valence-electron chi connectivity index (χ0n) is 15.8.